The number of nitrogens with one attached hydrogen (secondary N) is 2. The molecule has 0 heterocycles. The Bertz CT molecular complexity index is 589. The number of nitrogen functional groups attached to an aromatic ring is 1. The lowest BCUT2D eigenvalue weighted by Gasteiger charge is -2.11. The van der Waals surface area contributed by atoms with Gasteiger partial charge in [-0.15, -0.1) is 0 Å². The zero-order valence-corrected chi connectivity index (χ0v) is 12.7. The molecule has 1 rings (SSSR count). The van der Waals surface area contributed by atoms with Gasteiger partial charge in [0.15, 0.2) is 0 Å². The van der Waals surface area contributed by atoms with Crippen molar-refractivity contribution in [3.8, 4) is 5.75 Å². The van der Waals surface area contributed by atoms with Gasteiger partial charge in [-0.25, -0.2) is 13.1 Å². The Labute approximate surface area is 123 Å². The minimum absolute atomic E-state index is 0.116. The predicted molar refractivity (Wildman–Crippen MR) is 77.5 cm³/mol. The number of hydrogen-bond acceptors (Lipinski definition) is 6. The molecule has 0 fully saturated rings. The fourth-order valence-corrected chi connectivity index (χ4v) is 2.68. The van der Waals surface area contributed by atoms with Crippen molar-refractivity contribution < 1.29 is 22.7 Å². The van der Waals surface area contributed by atoms with Gasteiger partial charge in [-0.1, -0.05) is 0 Å². The third-order valence-electron chi connectivity index (χ3n) is 2.53. The summed E-state index contributed by atoms with van der Waals surface area (Å²) in [7, 11) is -1.05. The van der Waals surface area contributed by atoms with E-state index >= 15 is 0 Å². The first kappa shape index (κ1) is 17.2. The number of carbonyl (C=O) groups is 1. The van der Waals surface area contributed by atoms with Crippen LogP contribution in [0.1, 0.15) is 0 Å². The number of ether oxygens (including phenoxy) is 2. The van der Waals surface area contributed by atoms with E-state index in [-0.39, 0.29) is 22.9 Å². The molecule has 0 aliphatic heterocycles. The van der Waals surface area contributed by atoms with Gasteiger partial charge < -0.3 is 20.5 Å². The summed E-state index contributed by atoms with van der Waals surface area (Å²) in [5, 5.41) is 2.50. The SMILES string of the molecule is COCCNC(=O)CNS(=O)(=O)c1cc(N)ccc1OC. The van der Waals surface area contributed by atoms with Crippen LogP contribution in [0.25, 0.3) is 0 Å². The van der Waals surface area contributed by atoms with Crippen molar-refractivity contribution >= 4 is 21.6 Å². The first-order chi connectivity index (χ1) is 9.90. The molecule has 0 unspecified atom stereocenters. The number of amides is 1. The minimum Gasteiger partial charge on any atom is -0.495 e. The van der Waals surface area contributed by atoms with Crippen molar-refractivity contribution in [2.45, 2.75) is 4.90 Å². The standard InChI is InChI=1S/C12H19N3O5S/c1-19-6-5-14-12(16)8-15-21(17,18)11-7-9(13)3-4-10(11)20-2/h3-4,7,15H,5-6,8,13H2,1-2H3,(H,14,16). The molecule has 0 bridgehead atoms. The third-order valence-corrected chi connectivity index (χ3v) is 3.95. The Balaban J connectivity index is 2.74. The van der Waals surface area contributed by atoms with E-state index in [9.17, 15) is 13.2 Å². The van der Waals surface area contributed by atoms with Gasteiger partial charge in [0, 0.05) is 19.3 Å². The smallest absolute Gasteiger partial charge is 0.244 e. The first-order valence-electron chi connectivity index (χ1n) is 6.09. The van der Waals surface area contributed by atoms with Gasteiger partial charge in [-0.3, -0.25) is 4.79 Å². The molecule has 118 valence electrons. The van der Waals surface area contributed by atoms with E-state index in [0.29, 0.717) is 13.2 Å². The second-order valence-electron chi connectivity index (χ2n) is 4.08. The highest BCUT2D eigenvalue weighted by atomic mass is 32.2. The molecule has 0 aliphatic carbocycles. The molecule has 1 amide bonds. The third kappa shape index (κ3) is 5.21. The Kier molecular flexibility index (Phi) is 6.40. The minimum atomic E-state index is -3.90. The molecule has 1 aromatic carbocycles. The van der Waals surface area contributed by atoms with Crippen molar-refractivity contribution in [1.82, 2.24) is 10.0 Å². The lowest BCUT2D eigenvalue weighted by atomic mass is 10.3. The number of methoxy groups -OCH3 is 2. The fraction of sp³-hybridized carbons (Fsp3) is 0.417. The summed E-state index contributed by atoms with van der Waals surface area (Å²) in [5.41, 5.74) is 5.85. The van der Waals surface area contributed by atoms with Crippen LogP contribution in [0.5, 0.6) is 5.75 Å². The molecular weight excluding hydrogens is 298 g/mol. The van der Waals surface area contributed by atoms with E-state index in [2.05, 4.69) is 10.0 Å². The quantitative estimate of drug-likeness (QED) is 0.431. The highest BCUT2D eigenvalue weighted by molar-refractivity contribution is 7.89. The zero-order chi connectivity index (χ0) is 15.9. The van der Waals surface area contributed by atoms with E-state index in [1.807, 2.05) is 0 Å². The first-order valence-corrected chi connectivity index (χ1v) is 7.58. The highest BCUT2D eigenvalue weighted by Crippen LogP contribution is 2.25. The van der Waals surface area contributed by atoms with E-state index in [1.165, 1.54) is 32.4 Å². The van der Waals surface area contributed by atoms with E-state index in [0.717, 1.165) is 0 Å². The molecular formula is C12H19N3O5S. The molecule has 0 saturated carbocycles. The van der Waals surface area contributed by atoms with Crippen LogP contribution in [0.2, 0.25) is 0 Å². The molecule has 21 heavy (non-hydrogen) atoms. The van der Waals surface area contributed by atoms with Gasteiger partial charge >= 0.3 is 0 Å². The van der Waals surface area contributed by atoms with Gasteiger partial charge in [0.2, 0.25) is 15.9 Å². The number of anilines is 1. The van der Waals surface area contributed by atoms with Crippen LogP contribution in [0, 0.1) is 0 Å². The Morgan fingerprint density at radius 3 is 2.67 bits per heavy atom. The number of carbonyl (C=O) groups excluding carboxylic acids is 1. The molecule has 0 saturated heterocycles. The van der Waals surface area contributed by atoms with Gasteiger partial charge in [0.25, 0.3) is 0 Å². The second-order valence-corrected chi connectivity index (χ2v) is 5.81. The van der Waals surface area contributed by atoms with Crippen molar-refractivity contribution in [2.24, 2.45) is 0 Å². The molecule has 0 aromatic heterocycles. The van der Waals surface area contributed by atoms with Gasteiger partial charge in [-0.05, 0) is 18.2 Å². The van der Waals surface area contributed by atoms with Crippen LogP contribution in [-0.4, -0.2) is 48.2 Å². The summed E-state index contributed by atoms with van der Waals surface area (Å²) in [4.78, 5) is 11.4. The van der Waals surface area contributed by atoms with Gasteiger partial charge in [-0.2, -0.15) is 0 Å². The molecule has 0 atom stereocenters. The summed E-state index contributed by atoms with van der Waals surface area (Å²) in [6, 6.07) is 4.24. The molecule has 9 heteroatoms. The zero-order valence-electron chi connectivity index (χ0n) is 11.9. The normalized spacial score (nSPS) is 11.1. The maximum absolute atomic E-state index is 12.1. The van der Waals surface area contributed by atoms with Crippen LogP contribution in [0.3, 0.4) is 0 Å². The van der Waals surface area contributed by atoms with Crippen molar-refractivity contribution in [1.29, 1.82) is 0 Å². The summed E-state index contributed by atoms with van der Waals surface area (Å²) in [5.74, 6) is -0.310. The Morgan fingerprint density at radius 2 is 2.05 bits per heavy atom. The van der Waals surface area contributed by atoms with Gasteiger partial charge in [0.05, 0.1) is 20.3 Å². The van der Waals surface area contributed by atoms with Crippen LogP contribution < -0.4 is 20.5 Å². The van der Waals surface area contributed by atoms with Crippen LogP contribution in [0.4, 0.5) is 5.69 Å². The number of nitrogens with two attached hydrogens (primary N) is 1. The van der Waals surface area contributed by atoms with Crippen molar-refractivity contribution in [2.75, 3.05) is 39.6 Å². The summed E-state index contributed by atoms with van der Waals surface area (Å²) >= 11 is 0. The van der Waals surface area contributed by atoms with Crippen molar-refractivity contribution in [3.05, 3.63) is 18.2 Å². The molecule has 8 nitrogen and oxygen atoms in total. The lowest BCUT2D eigenvalue weighted by molar-refractivity contribution is -0.120. The molecule has 4 N–H and O–H groups in total. The molecule has 0 spiro atoms. The largest absolute Gasteiger partial charge is 0.495 e. The average molecular weight is 317 g/mol. The molecule has 0 radical (unpaired) electrons. The topological polar surface area (TPSA) is 120 Å². The maximum Gasteiger partial charge on any atom is 0.244 e. The van der Waals surface area contributed by atoms with E-state index < -0.39 is 15.9 Å². The Morgan fingerprint density at radius 1 is 1.33 bits per heavy atom. The highest BCUT2D eigenvalue weighted by Gasteiger charge is 2.20. The van der Waals surface area contributed by atoms with Crippen LogP contribution in [0.15, 0.2) is 23.1 Å². The maximum atomic E-state index is 12.1. The van der Waals surface area contributed by atoms with Gasteiger partial charge in [0.1, 0.15) is 10.6 Å². The predicted octanol–water partition coefficient (Wildman–Crippen LogP) is -0.682. The molecule has 0 aliphatic rings. The number of rotatable bonds is 8. The summed E-state index contributed by atoms with van der Waals surface area (Å²) in [6.45, 7) is 0.268. The van der Waals surface area contributed by atoms with Crippen LogP contribution >= 0.6 is 0 Å². The Hall–Kier alpha value is -1.84. The number of hydrogen-bond donors (Lipinski definition) is 3. The van der Waals surface area contributed by atoms with E-state index in [1.54, 1.807) is 0 Å². The van der Waals surface area contributed by atoms with E-state index in [4.69, 9.17) is 15.2 Å². The van der Waals surface area contributed by atoms with Crippen LogP contribution in [-0.2, 0) is 19.6 Å². The molecule has 1 aromatic rings. The fourth-order valence-electron chi connectivity index (χ4n) is 1.50. The average Bonchev–Trinajstić information content (AvgIpc) is 2.45. The summed E-state index contributed by atoms with van der Waals surface area (Å²) < 4.78 is 36.2. The monoisotopic (exact) mass is 317 g/mol. The second kappa shape index (κ2) is 7.81. The summed E-state index contributed by atoms with van der Waals surface area (Å²) in [6.07, 6.45) is 0. The van der Waals surface area contributed by atoms with Crippen molar-refractivity contribution in [3.63, 3.8) is 0 Å². The lowest BCUT2D eigenvalue weighted by Crippen LogP contribution is -2.38. The number of sulfonamides is 1. The number of benzene rings is 1.